The molecule has 0 aromatic carbocycles. The maximum Gasteiger partial charge on any atom is 0.211 e. The number of halogens is 1. The first-order chi connectivity index (χ1) is 6.81. The van der Waals surface area contributed by atoms with Gasteiger partial charge in [0.2, 0.25) is 5.79 Å². The molecule has 0 amide bonds. The number of nitrogens with one attached hydrogen (secondary N) is 1. The zero-order valence-electron chi connectivity index (χ0n) is 7.92. The average Bonchev–Trinajstić information content (AvgIpc) is 2.66. The summed E-state index contributed by atoms with van der Waals surface area (Å²) in [4.78, 5) is 2.90. The Hall–Kier alpha value is -0.450. The third kappa shape index (κ3) is 1.08. The van der Waals surface area contributed by atoms with Crippen molar-refractivity contribution in [3.05, 3.63) is 21.9 Å². The van der Waals surface area contributed by atoms with E-state index in [4.69, 9.17) is 0 Å². The molecule has 14 heavy (non-hydrogen) atoms. The van der Waals surface area contributed by atoms with Crippen molar-refractivity contribution in [1.29, 1.82) is 0 Å². The van der Waals surface area contributed by atoms with E-state index < -0.39 is 5.79 Å². The Morgan fingerprint density at radius 3 is 3.36 bits per heavy atom. The molecule has 1 saturated heterocycles. The summed E-state index contributed by atoms with van der Waals surface area (Å²) in [5, 5.41) is 5.15. The van der Waals surface area contributed by atoms with Crippen molar-refractivity contribution < 1.29 is 4.39 Å². The Morgan fingerprint density at radius 1 is 1.50 bits per heavy atom. The third-order valence-corrected chi connectivity index (χ3v) is 4.25. The van der Waals surface area contributed by atoms with Crippen molar-refractivity contribution in [2.75, 3.05) is 26.2 Å². The molecule has 2 nitrogen and oxygen atoms in total. The summed E-state index contributed by atoms with van der Waals surface area (Å²) < 4.78 is 14.7. The van der Waals surface area contributed by atoms with E-state index in [1.54, 1.807) is 11.3 Å². The highest BCUT2D eigenvalue weighted by atomic mass is 32.1. The van der Waals surface area contributed by atoms with Gasteiger partial charge in [-0.25, -0.2) is 4.39 Å². The fourth-order valence-corrected chi connectivity index (χ4v) is 3.47. The van der Waals surface area contributed by atoms with Crippen molar-refractivity contribution in [1.82, 2.24) is 10.2 Å². The summed E-state index contributed by atoms with van der Waals surface area (Å²) >= 11 is 1.55. The monoisotopic (exact) mass is 212 g/mol. The predicted molar refractivity (Wildman–Crippen MR) is 55.3 cm³/mol. The maximum atomic E-state index is 14.7. The van der Waals surface area contributed by atoms with E-state index in [1.165, 1.54) is 5.56 Å². The molecule has 1 aromatic rings. The number of thiophene rings is 1. The molecule has 1 atom stereocenters. The minimum Gasteiger partial charge on any atom is -0.311 e. The minimum atomic E-state index is -1.22. The van der Waals surface area contributed by atoms with Crippen LogP contribution < -0.4 is 5.32 Å². The zero-order valence-corrected chi connectivity index (χ0v) is 8.74. The van der Waals surface area contributed by atoms with E-state index in [-0.39, 0.29) is 0 Å². The molecule has 0 aliphatic carbocycles. The topological polar surface area (TPSA) is 15.3 Å². The summed E-state index contributed by atoms with van der Waals surface area (Å²) in [5.41, 5.74) is 1.21. The third-order valence-electron chi connectivity index (χ3n) is 3.16. The van der Waals surface area contributed by atoms with Crippen LogP contribution in [0, 0.1) is 0 Å². The van der Waals surface area contributed by atoms with Gasteiger partial charge in [-0.1, -0.05) is 0 Å². The zero-order chi connectivity index (χ0) is 9.60. The van der Waals surface area contributed by atoms with Gasteiger partial charge >= 0.3 is 0 Å². The lowest BCUT2D eigenvalue weighted by atomic mass is 9.98. The lowest BCUT2D eigenvalue weighted by Gasteiger charge is -2.44. The van der Waals surface area contributed by atoms with E-state index in [2.05, 4.69) is 11.4 Å². The van der Waals surface area contributed by atoms with Gasteiger partial charge in [-0.15, -0.1) is 11.3 Å². The van der Waals surface area contributed by atoms with Gasteiger partial charge < -0.3 is 5.32 Å². The smallest absolute Gasteiger partial charge is 0.211 e. The van der Waals surface area contributed by atoms with Gasteiger partial charge in [0.05, 0.1) is 4.88 Å². The quantitative estimate of drug-likeness (QED) is 0.653. The molecule has 3 rings (SSSR count). The van der Waals surface area contributed by atoms with Crippen LogP contribution in [0.5, 0.6) is 0 Å². The molecule has 2 aliphatic heterocycles. The van der Waals surface area contributed by atoms with Crippen LogP contribution in [-0.2, 0) is 12.2 Å². The van der Waals surface area contributed by atoms with Gasteiger partial charge in [-0.05, 0) is 23.4 Å². The SMILES string of the molecule is FC12CNCCN1CCc1ccsc12. The second-order valence-corrected chi connectivity index (χ2v) is 4.86. The number of nitrogens with zero attached hydrogens (tertiary/aromatic N) is 1. The molecule has 0 saturated carbocycles. The normalized spacial score (nSPS) is 32.4. The van der Waals surface area contributed by atoms with Gasteiger partial charge in [-0.2, -0.15) is 0 Å². The van der Waals surface area contributed by atoms with Crippen molar-refractivity contribution in [2.45, 2.75) is 12.2 Å². The lowest BCUT2D eigenvalue weighted by molar-refractivity contribution is -0.0621. The van der Waals surface area contributed by atoms with Crippen molar-refractivity contribution in [3.63, 3.8) is 0 Å². The van der Waals surface area contributed by atoms with Gasteiger partial charge in [0, 0.05) is 26.2 Å². The molecule has 1 fully saturated rings. The Balaban J connectivity index is 2.07. The molecule has 0 bridgehead atoms. The summed E-state index contributed by atoms with van der Waals surface area (Å²) in [5.74, 6) is -1.22. The summed E-state index contributed by atoms with van der Waals surface area (Å²) in [6, 6.07) is 2.06. The standard InChI is InChI=1S/C10H13FN2S/c11-10-7-12-3-5-13(10)4-1-8-2-6-14-9(8)10/h2,6,12H,1,3-5,7H2. The summed E-state index contributed by atoms with van der Waals surface area (Å²) in [6.07, 6.45) is 1.00. The van der Waals surface area contributed by atoms with Crippen LogP contribution in [0.25, 0.3) is 0 Å². The maximum absolute atomic E-state index is 14.7. The van der Waals surface area contributed by atoms with Crippen LogP contribution in [0.4, 0.5) is 4.39 Å². The fourth-order valence-electron chi connectivity index (χ4n) is 2.39. The molecule has 4 heteroatoms. The second kappa shape index (κ2) is 3.02. The van der Waals surface area contributed by atoms with Gasteiger partial charge in [0.1, 0.15) is 0 Å². The molecule has 76 valence electrons. The van der Waals surface area contributed by atoms with Crippen LogP contribution in [0.1, 0.15) is 10.4 Å². The minimum absolute atomic E-state index is 0.445. The van der Waals surface area contributed by atoms with Crippen molar-refractivity contribution in [2.24, 2.45) is 0 Å². The molecule has 0 spiro atoms. The molecule has 0 radical (unpaired) electrons. The highest BCUT2D eigenvalue weighted by Gasteiger charge is 2.45. The van der Waals surface area contributed by atoms with E-state index in [0.717, 1.165) is 30.9 Å². The number of fused-ring (bicyclic) bond motifs is 3. The number of alkyl halides is 1. The van der Waals surface area contributed by atoms with Crippen LogP contribution >= 0.6 is 11.3 Å². The van der Waals surface area contributed by atoms with E-state index in [0.29, 0.717) is 6.54 Å². The molecule has 1 N–H and O–H groups in total. The number of piperazine rings is 1. The van der Waals surface area contributed by atoms with E-state index >= 15 is 0 Å². The predicted octanol–water partition coefficient (Wildman–Crippen LogP) is 1.33. The molecular weight excluding hydrogens is 199 g/mol. The number of hydrogen-bond acceptors (Lipinski definition) is 3. The average molecular weight is 212 g/mol. The summed E-state index contributed by atoms with van der Waals surface area (Å²) in [7, 11) is 0. The van der Waals surface area contributed by atoms with Gasteiger partial charge in [0.15, 0.2) is 0 Å². The Labute approximate surface area is 86.7 Å². The largest absolute Gasteiger partial charge is 0.311 e. The van der Waals surface area contributed by atoms with E-state index in [1.807, 2.05) is 10.3 Å². The second-order valence-electron chi connectivity index (χ2n) is 3.95. The summed E-state index contributed by atoms with van der Waals surface area (Å²) in [6.45, 7) is 3.04. The van der Waals surface area contributed by atoms with Crippen LogP contribution in [0.3, 0.4) is 0 Å². The van der Waals surface area contributed by atoms with Crippen LogP contribution in [0.2, 0.25) is 0 Å². The highest BCUT2D eigenvalue weighted by molar-refractivity contribution is 7.10. The van der Waals surface area contributed by atoms with Crippen LogP contribution in [0.15, 0.2) is 11.4 Å². The Morgan fingerprint density at radius 2 is 2.43 bits per heavy atom. The van der Waals surface area contributed by atoms with Crippen LogP contribution in [-0.4, -0.2) is 31.1 Å². The first-order valence-electron chi connectivity index (χ1n) is 5.02. The van der Waals surface area contributed by atoms with E-state index in [9.17, 15) is 4.39 Å². The molecule has 3 heterocycles. The Kier molecular flexibility index (Phi) is 1.90. The number of rotatable bonds is 0. The first kappa shape index (κ1) is 8.83. The molecular formula is C10H13FN2S. The van der Waals surface area contributed by atoms with Crippen molar-refractivity contribution in [3.8, 4) is 0 Å². The Bertz CT molecular complexity index is 352. The molecule has 2 aliphatic rings. The molecule has 1 unspecified atom stereocenters. The van der Waals surface area contributed by atoms with Gasteiger partial charge in [0.25, 0.3) is 0 Å². The van der Waals surface area contributed by atoms with Crippen molar-refractivity contribution >= 4 is 11.3 Å². The molecule has 1 aromatic heterocycles. The van der Waals surface area contributed by atoms with Gasteiger partial charge in [-0.3, -0.25) is 4.90 Å². The fraction of sp³-hybridized carbons (Fsp3) is 0.600. The first-order valence-corrected chi connectivity index (χ1v) is 5.90. The number of hydrogen-bond donors (Lipinski definition) is 1. The highest BCUT2D eigenvalue weighted by Crippen LogP contribution is 2.40. The lowest BCUT2D eigenvalue weighted by Crippen LogP contribution is -2.58.